The molecule has 0 saturated carbocycles. The SMILES string of the molecule is Cc1ccc(-c2ccc3ccc4c(-c5cccc6ccccc56)ccc5ccc2c3c54)cc1-c1ccccc1. The number of benzene rings is 8. The van der Waals surface area contributed by atoms with E-state index in [1.165, 1.54) is 82.0 Å². The molecule has 39 heavy (non-hydrogen) atoms. The molecule has 0 bridgehead atoms. The van der Waals surface area contributed by atoms with Crippen LogP contribution in [-0.4, -0.2) is 0 Å². The van der Waals surface area contributed by atoms with Crippen molar-refractivity contribution < 1.29 is 0 Å². The number of rotatable bonds is 3. The predicted octanol–water partition coefficient (Wildman–Crippen LogP) is 11.0. The Hall–Kier alpha value is -4.94. The molecule has 0 aliphatic rings. The van der Waals surface area contributed by atoms with Gasteiger partial charge in [-0.15, -0.1) is 0 Å². The fourth-order valence-corrected chi connectivity index (χ4v) is 6.47. The van der Waals surface area contributed by atoms with E-state index in [-0.39, 0.29) is 0 Å². The lowest BCUT2D eigenvalue weighted by Crippen LogP contribution is -1.91. The van der Waals surface area contributed by atoms with Gasteiger partial charge >= 0.3 is 0 Å². The molecule has 0 spiro atoms. The first-order valence-corrected chi connectivity index (χ1v) is 13.6. The zero-order chi connectivity index (χ0) is 25.9. The first kappa shape index (κ1) is 22.1. The van der Waals surface area contributed by atoms with Gasteiger partial charge in [0.05, 0.1) is 0 Å². The van der Waals surface area contributed by atoms with Crippen LogP contribution in [-0.2, 0) is 0 Å². The molecule has 8 rings (SSSR count). The van der Waals surface area contributed by atoms with Gasteiger partial charge in [0, 0.05) is 0 Å². The molecule has 0 aromatic heterocycles. The molecule has 0 atom stereocenters. The quantitative estimate of drug-likeness (QED) is 0.214. The standard InChI is InChI=1S/C39H26/c1-25-14-15-30(24-37(25)27-8-3-2-4-9-27)32-20-16-28-19-23-36-34(21-17-29-18-22-35(32)38(28)39(29)36)33-13-7-11-26-10-5-6-12-31(26)33/h2-24H,1H3. The summed E-state index contributed by atoms with van der Waals surface area (Å²) in [7, 11) is 0. The predicted molar refractivity (Wildman–Crippen MR) is 169 cm³/mol. The molecule has 0 saturated heterocycles. The molecule has 0 aliphatic carbocycles. The maximum Gasteiger partial charge on any atom is -0.00203 e. The molecule has 0 heterocycles. The van der Waals surface area contributed by atoms with Gasteiger partial charge < -0.3 is 0 Å². The van der Waals surface area contributed by atoms with E-state index in [1.54, 1.807) is 0 Å². The highest BCUT2D eigenvalue weighted by Crippen LogP contribution is 2.43. The summed E-state index contributed by atoms with van der Waals surface area (Å²) in [6.07, 6.45) is 0. The maximum atomic E-state index is 2.36. The molecule has 8 aromatic carbocycles. The van der Waals surface area contributed by atoms with Crippen molar-refractivity contribution in [3.8, 4) is 33.4 Å². The summed E-state index contributed by atoms with van der Waals surface area (Å²) in [5.74, 6) is 0. The van der Waals surface area contributed by atoms with E-state index in [2.05, 4.69) is 146 Å². The molecule has 0 nitrogen and oxygen atoms in total. The normalized spacial score (nSPS) is 11.7. The van der Waals surface area contributed by atoms with Gasteiger partial charge in [0.2, 0.25) is 0 Å². The topological polar surface area (TPSA) is 0 Å². The van der Waals surface area contributed by atoms with Crippen LogP contribution in [0.2, 0.25) is 0 Å². The molecule has 0 amide bonds. The Labute approximate surface area is 228 Å². The third-order valence-electron chi connectivity index (χ3n) is 8.38. The minimum Gasteiger partial charge on any atom is -0.0622 e. The van der Waals surface area contributed by atoms with Crippen molar-refractivity contribution in [2.45, 2.75) is 6.92 Å². The molecular weight excluding hydrogens is 468 g/mol. The highest BCUT2D eigenvalue weighted by Gasteiger charge is 2.16. The monoisotopic (exact) mass is 494 g/mol. The van der Waals surface area contributed by atoms with Crippen LogP contribution < -0.4 is 0 Å². The van der Waals surface area contributed by atoms with E-state index in [0.717, 1.165) is 0 Å². The first-order valence-electron chi connectivity index (χ1n) is 13.6. The van der Waals surface area contributed by atoms with Crippen LogP contribution in [0.15, 0.2) is 140 Å². The number of fused-ring (bicyclic) bond motifs is 1. The Bertz CT molecular complexity index is 2160. The molecule has 8 aromatic rings. The zero-order valence-corrected chi connectivity index (χ0v) is 21.8. The summed E-state index contributed by atoms with van der Waals surface area (Å²) in [6.45, 7) is 2.20. The second kappa shape index (κ2) is 8.55. The van der Waals surface area contributed by atoms with Gasteiger partial charge in [-0.1, -0.05) is 133 Å². The largest absolute Gasteiger partial charge is 0.0622 e. The fourth-order valence-electron chi connectivity index (χ4n) is 6.47. The first-order chi connectivity index (χ1) is 19.3. The average molecular weight is 495 g/mol. The van der Waals surface area contributed by atoms with E-state index in [1.807, 2.05) is 0 Å². The zero-order valence-electron chi connectivity index (χ0n) is 21.8. The van der Waals surface area contributed by atoms with E-state index in [0.29, 0.717) is 0 Å². The van der Waals surface area contributed by atoms with Gasteiger partial charge in [-0.2, -0.15) is 0 Å². The van der Waals surface area contributed by atoms with Crippen LogP contribution in [0.3, 0.4) is 0 Å². The molecule has 182 valence electrons. The van der Waals surface area contributed by atoms with Crippen LogP contribution in [0.4, 0.5) is 0 Å². The highest BCUT2D eigenvalue weighted by atomic mass is 14.2. The van der Waals surface area contributed by atoms with Gasteiger partial charge in [0.1, 0.15) is 0 Å². The van der Waals surface area contributed by atoms with Crippen LogP contribution >= 0.6 is 0 Å². The minimum absolute atomic E-state index is 1.26. The van der Waals surface area contributed by atoms with Crippen LogP contribution in [0.5, 0.6) is 0 Å². The van der Waals surface area contributed by atoms with Crippen molar-refractivity contribution in [2.75, 3.05) is 0 Å². The van der Waals surface area contributed by atoms with E-state index >= 15 is 0 Å². The van der Waals surface area contributed by atoms with Crippen LogP contribution in [0.1, 0.15) is 5.56 Å². The summed E-state index contributed by atoms with van der Waals surface area (Å²) in [6, 6.07) is 51.4. The average Bonchev–Trinajstić information content (AvgIpc) is 3.00. The van der Waals surface area contributed by atoms with E-state index in [4.69, 9.17) is 0 Å². The second-order valence-corrected chi connectivity index (χ2v) is 10.6. The molecule has 0 unspecified atom stereocenters. The molecule has 0 fully saturated rings. The Morgan fingerprint density at radius 2 is 0.949 bits per heavy atom. The summed E-state index contributed by atoms with van der Waals surface area (Å²) in [5.41, 5.74) is 8.96. The van der Waals surface area contributed by atoms with Crippen molar-refractivity contribution in [3.05, 3.63) is 145 Å². The third-order valence-corrected chi connectivity index (χ3v) is 8.38. The summed E-state index contributed by atoms with van der Waals surface area (Å²) in [5, 5.41) is 10.5. The summed E-state index contributed by atoms with van der Waals surface area (Å²) >= 11 is 0. The molecule has 0 N–H and O–H groups in total. The van der Waals surface area contributed by atoms with Crippen LogP contribution in [0.25, 0.3) is 76.5 Å². The summed E-state index contributed by atoms with van der Waals surface area (Å²) < 4.78 is 0. The van der Waals surface area contributed by atoms with Gasteiger partial charge in [0.25, 0.3) is 0 Å². The number of hydrogen-bond acceptors (Lipinski definition) is 0. The number of hydrogen-bond donors (Lipinski definition) is 0. The lowest BCUT2D eigenvalue weighted by molar-refractivity contribution is 1.46. The molecule has 0 heteroatoms. The van der Waals surface area contributed by atoms with Crippen molar-refractivity contribution in [1.29, 1.82) is 0 Å². The van der Waals surface area contributed by atoms with E-state index < -0.39 is 0 Å². The number of aryl methyl sites for hydroxylation is 1. The summed E-state index contributed by atoms with van der Waals surface area (Å²) in [4.78, 5) is 0. The lowest BCUT2D eigenvalue weighted by atomic mass is 9.86. The Balaban J connectivity index is 1.41. The Morgan fingerprint density at radius 3 is 1.74 bits per heavy atom. The van der Waals surface area contributed by atoms with Gasteiger partial charge in [-0.05, 0) is 95.0 Å². The van der Waals surface area contributed by atoms with Crippen molar-refractivity contribution in [3.63, 3.8) is 0 Å². The van der Waals surface area contributed by atoms with Gasteiger partial charge in [0.15, 0.2) is 0 Å². The lowest BCUT2D eigenvalue weighted by Gasteiger charge is -2.18. The van der Waals surface area contributed by atoms with Crippen molar-refractivity contribution in [1.82, 2.24) is 0 Å². The maximum absolute atomic E-state index is 2.36. The van der Waals surface area contributed by atoms with E-state index in [9.17, 15) is 0 Å². The van der Waals surface area contributed by atoms with Gasteiger partial charge in [-0.3, -0.25) is 0 Å². The molecule has 0 radical (unpaired) electrons. The van der Waals surface area contributed by atoms with Crippen LogP contribution in [0, 0.1) is 6.92 Å². The van der Waals surface area contributed by atoms with Crippen molar-refractivity contribution in [2.24, 2.45) is 0 Å². The molecular formula is C39H26. The molecule has 0 aliphatic heterocycles. The minimum atomic E-state index is 1.26. The van der Waals surface area contributed by atoms with Gasteiger partial charge in [-0.25, -0.2) is 0 Å². The smallest absolute Gasteiger partial charge is 0.00203 e. The fraction of sp³-hybridized carbons (Fsp3) is 0.0256. The second-order valence-electron chi connectivity index (χ2n) is 10.6. The van der Waals surface area contributed by atoms with Crippen molar-refractivity contribution >= 4 is 43.1 Å². The Kier molecular flexibility index (Phi) is 4.84. The highest BCUT2D eigenvalue weighted by molar-refractivity contribution is 6.28. The Morgan fingerprint density at radius 1 is 0.333 bits per heavy atom. The third kappa shape index (κ3) is 3.39.